The maximum Gasteiger partial charge on any atom is 0.241 e. The maximum atomic E-state index is 10.6. The summed E-state index contributed by atoms with van der Waals surface area (Å²) >= 11 is 0. The lowest BCUT2D eigenvalue weighted by Gasteiger charge is -2.20. The van der Waals surface area contributed by atoms with Crippen LogP contribution >= 0.6 is 0 Å². The summed E-state index contributed by atoms with van der Waals surface area (Å²) in [4.78, 5) is 10.6. The number of rotatable bonds is 2. The third kappa shape index (κ3) is 2.39. The molecule has 0 aliphatic carbocycles. The number of hydrogen-bond donors (Lipinski definition) is 3. The van der Waals surface area contributed by atoms with Crippen molar-refractivity contribution in [3.05, 3.63) is 41.4 Å². The quantitative estimate of drug-likeness (QED) is 0.665. The van der Waals surface area contributed by atoms with Crippen LogP contribution in [0, 0.1) is 0 Å². The summed E-state index contributed by atoms with van der Waals surface area (Å²) in [5.41, 5.74) is 12.3. The van der Waals surface area contributed by atoms with E-state index >= 15 is 0 Å². The van der Waals surface area contributed by atoms with Crippen LogP contribution in [0.5, 0.6) is 5.75 Å². The molecule has 17 heavy (non-hydrogen) atoms. The van der Waals surface area contributed by atoms with E-state index in [4.69, 9.17) is 16.2 Å². The molecule has 0 atom stereocenters. The van der Waals surface area contributed by atoms with Crippen molar-refractivity contribution >= 4 is 17.7 Å². The molecule has 0 fully saturated rings. The van der Waals surface area contributed by atoms with Crippen LogP contribution in [0.25, 0.3) is 6.08 Å². The molecule has 5 N–H and O–H groups in total. The average Bonchev–Trinajstić information content (AvgIpc) is 2.28. The number of nitrogens with two attached hydrogens (primary N) is 2. The highest BCUT2D eigenvalue weighted by atomic mass is 16.5. The van der Waals surface area contributed by atoms with Crippen LogP contribution in [0.15, 0.2) is 35.9 Å². The third-order valence-corrected chi connectivity index (χ3v) is 2.36. The molecule has 0 aromatic heterocycles. The molecule has 1 aromatic rings. The Balaban J connectivity index is 2.29. The molecule has 1 aromatic carbocycles. The second-order valence-electron chi connectivity index (χ2n) is 3.69. The molecule has 1 amide bonds. The number of fused-ring (bicyclic) bond motifs is 1. The van der Waals surface area contributed by atoms with Gasteiger partial charge in [0.05, 0.1) is 5.69 Å². The number of anilines is 1. The summed E-state index contributed by atoms with van der Waals surface area (Å²) in [6.45, 7) is 1.78. The molecular formula is C12H13N3O2. The van der Waals surface area contributed by atoms with E-state index in [2.05, 4.69) is 5.32 Å². The fourth-order valence-electron chi connectivity index (χ4n) is 1.47. The van der Waals surface area contributed by atoms with Gasteiger partial charge in [0.2, 0.25) is 5.91 Å². The van der Waals surface area contributed by atoms with Crippen LogP contribution in [0.1, 0.15) is 12.5 Å². The lowest BCUT2D eigenvalue weighted by atomic mass is 10.1. The highest BCUT2D eigenvalue weighted by Gasteiger charge is 2.13. The zero-order valence-electron chi connectivity index (χ0n) is 9.36. The lowest BCUT2D eigenvalue weighted by Crippen LogP contribution is -2.19. The molecule has 5 nitrogen and oxygen atoms in total. The van der Waals surface area contributed by atoms with Crippen LogP contribution < -0.4 is 21.5 Å². The summed E-state index contributed by atoms with van der Waals surface area (Å²) in [6, 6.07) is 5.46. The second kappa shape index (κ2) is 4.21. The normalized spacial score (nSPS) is 14.2. The molecule has 0 saturated heterocycles. The summed E-state index contributed by atoms with van der Waals surface area (Å²) in [7, 11) is 0. The van der Waals surface area contributed by atoms with Crippen LogP contribution in [-0.4, -0.2) is 5.91 Å². The molecule has 2 rings (SSSR count). The zero-order chi connectivity index (χ0) is 12.4. The average molecular weight is 231 g/mol. The number of primary amides is 1. The fraction of sp³-hybridized carbons (Fsp3) is 0.0833. The summed E-state index contributed by atoms with van der Waals surface area (Å²) in [5, 5.41) is 3.02. The van der Waals surface area contributed by atoms with Crippen molar-refractivity contribution in [3.63, 3.8) is 0 Å². The van der Waals surface area contributed by atoms with Gasteiger partial charge in [-0.1, -0.05) is 6.07 Å². The molecule has 0 radical (unpaired) electrons. The Labute approximate surface area is 98.7 Å². The molecule has 0 spiro atoms. The Morgan fingerprint density at radius 3 is 2.94 bits per heavy atom. The molecule has 88 valence electrons. The topological polar surface area (TPSA) is 90.4 Å². The first kappa shape index (κ1) is 11.1. The monoisotopic (exact) mass is 231 g/mol. The largest absolute Gasteiger partial charge is 0.456 e. The van der Waals surface area contributed by atoms with Gasteiger partial charge in [-0.05, 0) is 30.7 Å². The van der Waals surface area contributed by atoms with Gasteiger partial charge in [0.1, 0.15) is 11.6 Å². The Morgan fingerprint density at radius 2 is 2.24 bits per heavy atom. The first-order chi connectivity index (χ1) is 8.06. The van der Waals surface area contributed by atoms with E-state index in [9.17, 15) is 4.79 Å². The van der Waals surface area contributed by atoms with Crippen LogP contribution in [0.4, 0.5) is 5.69 Å². The molecule has 1 heterocycles. The number of hydrogen-bond acceptors (Lipinski definition) is 4. The number of nitrogens with one attached hydrogen (secondary N) is 1. The van der Waals surface area contributed by atoms with Gasteiger partial charge in [-0.25, -0.2) is 0 Å². The van der Waals surface area contributed by atoms with Gasteiger partial charge >= 0.3 is 0 Å². The Kier molecular flexibility index (Phi) is 2.74. The number of carbonyl (C=O) groups excluding carboxylic acids is 1. The molecule has 0 unspecified atom stereocenters. The summed E-state index contributed by atoms with van der Waals surface area (Å²) in [6.07, 6.45) is 2.93. The Morgan fingerprint density at radius 1 is 1.47 bits per heavy atom. The lowest BCUT2D eigenvalue weighted by molar-refractivity contribution is -0.113. The first-order valence-electron chi connectivity index (χ1n) is 5.09. The standard InChI is InChI=1S/C12H13N3O2/c1-7-12(14)15-9-6-8(3-5-11(13)16)2-4-10(9)17-7/h2-6,15H,14H2,1H3,(H2,13,16). The van der Waals surface area contributed by atoms with Gasteiger partial charge in [-0.3, -0.25) is 4.79 Å². The van der Waals surface area contributed by atoms with E-state index in [1.165, 1.54) is 6.08 Å². The molecule has 0 saturated carbocycles. The Bertz CT molecular complexity index is 533. The minimum Gasteiger partial charge on any atom is -0.456 e. The summed E-state index contributed by atoms with van der Waals surface area (Å²) < 4.78 is 5.50. The number of benzene rings is 1. The van der Waals surface area contributed by atoms with Crippen molar-refractivity contribution in [3.8, 4) is 5.75 Å². The van der Waals surface area contributed by atoms with Crippen molar-refractivity contribution in [2.24, 2.45) is 11.5 Å². The van der Waals surface area contributed by atoms with Crippen molar-refractivity contribution in [1.29, 1.82) is 0 Å². The minimum absolute atomic E-state index is 0.480. The van der Waals surface area contributed by atoms with Crippen molar-refractivity contribution in [2.45, 2.75) is 6.92 Å². The maximum absolute atomic E-state index is 10.6. The van der Waals surface area contributed by atoms with E-state index in [1.807, 2.05) is 12.1 Å². The smallest absolute Gasteiger partial charge is 0.241 e. The predicted molar refractivity (Wildman–Crippen MR) is 65.8 cm³/mol. The second-order valence-corrected chi connectivity index (χ2v) is 3.69. The third-order valence-electron chi connectivity index (χ3n) is 2.36. The predicted octanol–water partition coefficient (Wildman–Crippen LogP) is 1.14. The van der Waals surface area contributed by atoms with Gasteiger partial charge in [-0.2, -0.15) is 0 Å². The van der Waals surface area contributed by atoms with E-state index in [0.717, 1.165) is 11.3 Å². The van der Waals surface area contributed by atoms with Gasteiger partial charge in [0.15, 0.2) is 5.75 Å². The van der Waals surface area contributed by atoms with Crippen LogP contribution in [0.2, 0.25) is 0 Å². The zero-order valence-corrected chi connectivity index (χ0v) is 9.36. The highest BCUT2D eigenvalue weighted by Crippen LogP contribution is 2.32. The van der Waals surface area contributed by atoms with E-state index < -0.39 is 5.91 Å². The van der Waals surface area contributed by atoms with E-state index in [0.29, 0.717) is 17.3 Å². The van der Waals surface area contributed by atoms with Crippen molar-refractivity contribution in [1.82, 2.24) is 0 Å². The van der Waals surface area contributed by atoms with Crippen LogP contribution in [-0.2, 0) is 4.79 Å². The van der Waals surface area contributed by atoms with Gasteiger partial charge < -0.3 is 21.5 Å². The van der Waals surface area contributed by atoms with Crippen molar-refractivity contribution in [2.75, 3.05) is 5.32 Å². The first-order valence-corrected chi connectivity index (χ1v) is 5.09. The molecule has 1 aliphatic rings. The van der Waals surface area contributed by atoms with Gasteiger partial charge in [0, 0.05) is 6.08 Å². The van der Waals surface area contributed by atoms with E-state index in [-0.39, 0.29) is 0 Å². The minimum atomic E-state index is -0.484. The number of amides is 1. The Hall–Kier alpha value is -2.43. The summed E-state index contributed by atoms with van der Waals surface area (Å²) in [5.74, 6) is 1.33. The molecular weight excluding hydrogens is 218 g/mol. The number of allylic oxidation sites excluding steroid dienone is 1. The molecule has 1 aliphatic heterocycles. The van der Waals surface area contributed by atoms with Gasteiger partial charge in [0.25, 0.3) is 0 Å². The molecule has 5 heteroatoms. The van der Waals surface area contributed by atoms with Crippen LogP contribution in [0.3, 0.4) is 0 Å². The number of ether oxygens (including phenoxy) is 1. The fourth-order valence-corrected chi connectivity index (χ4v) is 1.47. The van der Waals surface area contributed by atoms with E-state index in [1.54, 1.807) is 19.1 Å². The number of carbonyl (C=O) groups is 1. The van der Waals surface area contributed by atoms with Crippen molar-refractivity contribution < 1.29 is 9.53 Å². The SMILES string of the molecule is CC1=C(N)Nc2cc(C=CC(N)=O)ccc2O1. The van der Waals surface area contributed by atoms with Gasteiger partial charge in [-0.15, -0.1) is 0 Å². The highest BCUT2D eigenvalue weighted by molar-refractivity contribution is 5.90. The molecule has 0 bridgehead atoms.